The molecule has 0 radical (unpaired) electrons. The van der Waals surface area contributed by atoms with Gasteiger partial charge in [-0.1, -0.05) is 29.3 Å². The van der Waals surface area contributed by atoms with Gasteiger partial charge in [-0.3, -0.25) is 4.99 Å². The van der Waals surface area contributed by atoms with Gasteiger partial charge in [-0.2, -0.15) is 5.26 Å². The Balaban J connectivity index is 2.17. The largest absolute Gasteiger partial charge is 0.288 e. The predicted molar refractivity (Wildman–Crippen MR) is 88.6 cm³/mol. The number of aliphatic imine (C=N–C) groups is 1. The molecule has 6 heteroatoms. The number of rotatable bonds is 4. The summed E-state index contributed by atoms with van der Waals surface area (Å²) in [4.78, 5) is 8.76. The zero-order chi connectivity index (χ0) is 15.4. The number of nitriles is 1. The highest BCUT2D eigenvalue weighted by atomic mass is 35.5. The Morgan fingerprint density at radius 2 is 2.19 bits per heavy atom. The Kier molecular flexibility index (Phi) is 5.35. The van der Waals surface area contributed by atoms with E-state index in [0.29, 0.717) is 10.0 Å². The van der Waals surface area contributed by atoms with Gasteiger partial charge in [0.2, 0.25) is 0 Å². The summed E-state index contributed by atoms with van der Waals surface area (Å²) in [7, 11) is 0. The van der Waals surface area contributed by atoms with E-state index in [0.717, 1.165) is 16.3 Å². The summed E-state index contributed by atoms with van der Waals surface area (Å²) in [6.45, 7) is 3.83. The number of aryl methyl sites for hydroxylation is 1. The van der Waals surface area contributed by atoms with E-state index in [1.165, 1.54) is 11.3 Å². The fraction of sp³-hybridized carbons (Fsp3) is 0.267. The van der Waals surface area contributed by atoms with E-state index in [2.05, 4.69) is 16.0 Å². The average molecular weight is 338 g/mol. The second-order valence-corrected chi connectivity index (χ2v) is 6.31. The minimum Gasteiger partial charge on any atom is -0.288 e. The van der Waals surface area contributed by atoms with Crippen LogP contribution in [0.3, 0.4) is 0 Å². The quantitative estimate of drug-likeness (QED) is 0.720. The number of hydrogen-bond acceptors (Lipinski definition) is 4. The van der Waals surface area contributed by atoms with E-state index in [-0.39, 0.29) is 6.04 Å². The van der Waals surface area contributed by atoms with Crippen LogP contribution < -0.4 is 0 Å². The summed E-state index contributed by atoms with van der Waals surface area (Å²) >= 11 is 13.5. The van der Waals surface area contributed by atoms with E-state index >= 15 is 0 Å². The Labute approximate surface area is 137 Å². The zero-order valence-corrected chi connectivity index (χ0v) is 13.9. The lowest BCUT2D eigenvalue weighted by atomic mass is 10.1. The fourth-order valence-corrected chi connectivity index (χ4v) is 3.17. The molecule has 0 saturated heterocycles. The number of benzene rings is 1. The minimum atomic E-state index is -0.433. The highest BCUT2D eigenvalue weighted by molar-refractivity contribution is 7.09. The number of thiazole rings is 1. The molecule has 0 bridgehead atoms. The molecule has 2 rings (SSSR count). The molecule has 1 heterocycles. The topological polar surface area (TPSA) is 49.0 Å². The maximum Gasteiger partial charge on any atom is 0.133 e. The third-order valence-corrected chi connectivity index (χ3v) is 4.52. The molecule has 0 aliphatic rings. The van der Waals surface area contributed by atoms with Gasteiger partial charge >= 0.3 is 0 Å². The lowest BCUT2D eigenvalue weighted by Crippen LogP contribution is -1.99. The fourth-order valence-electron chi connectivity index (χ4n) is 1.80. The summed E-state index contributed by atoms with van der Waals surface area (Å²) in [5.74, 6) is -0.433. The monoisotopic (exact) mass is 337 g/mol. The van der Waals surface area contributed by atoms with Crippen LogP contribution in [-0.4, -0.2) is 11.2 Å². The van der Waals surface area contributed by atoms with Crippen LogP contribution in [0.1, 0.15) is 35.1 Å². The van der Waals surface area contributed by atoms with E-state index in [4.69, 9.17) is 23.2 Å². The second kappa shape index (κ2) is 7.04. The van der Waals surface area contributed by atoms with Gasteiger partial charge in [0.25, 0.3) is 0 Å². The van der Waals surface area contributed by atoms with E-state index in [9.17, 15) is 5.26 Å². The number of hydrogen-bond donors (Lipinski definition) is 0. The Bertz CT molecular complexity index is 703. The van der Waals surface area contributed by atoms with E-state index < -0.39 is 5.92 Å². The lowest BCUT2D eigenvalue weighted by Gasteiger charge is -2.09. The number of aromatic nitrogens is 1. The molecule has 108 valence electrons. The van der Waals surface area contributed by atoms with Crippen LogP contribution in [0.25, 0.3) is 0 Å². The van der Waals surface area contributed by atoms with Crippen LogP contribution in [0.2, 0.25) is 10.0 Å². The van der Waals surface area contributed by atoms with Crippen molar-refractivity contribution >= 4 is 40.8 Å². The first-order valence-electron chi connectivity index (χ1n) is 6.31. The third-order valence-electron chi connectivity index (χ3n) is 2.91. The van der Waals surface area contributed by atoms with Crippen molar-refractivity contribution in [1.82, 2.24) is 4.98 Å². The lowest BCUT2D eigenvalue weighted by molar-refractivity contribution is 0.819. The number of nitrogens with zero attached hydrogens (tertiary/aromatic N) is 3. The van der Waals surface area contributed by atoms with Gasteiger partial charge in [-0.25, -0.2) is 4.98 Å². The first kappa shape index (κ1) is 16.0. The Morgan fingerprint density at radius 3 is 2.76 bits per heavy atom. The molecule has 0 fully saturated rings. The van der Waals surface area contributed by atoms with Crippen molar-refractivity contribution in [3.63, 3.8) is 0 Å². The molecule has 21 heavy (non-hydrogen) atoms. The maximum atomic E-state index is 9.25. The average Bonchev–Trinajstić information content (AvgIpc) is 2.86. The van der Waals surface area contributed by atoms with Gasteiger partial charge in [0, 0.05) is 27.3 Å². The molecule has 1 aromatic carbocycles. The summed E-state index contributed by atoms with van der Waals surface area (Å²) in [5.41, 5.74) is 1.79. The summed E-state index contributed by atoms with van der Waals surface area (Å²) in [6, 6.07) is 7.38. The molecule has 1 aromatic heterocycles. The highest BCUT2D eigenvalue weighted by Crippen LogP contribution is 2.28. The molecule has 0 aliphatic carbocycles. The first-order valence-corrected chi connectivity index (χ1v) is 7.94. The second-order valence-electron chi connectivity index (χ2n) is 4.57. The summed E-state index contributed by atoms with van der Waals surface area (Å²) < 4.78 is 0. The molecule has 3 nitrogen and oxygen atoms in total. The van der Waals surface area contributed by atoms with Crippen molar-refractivity contribution in [1.29, 1.82) is 5.26 Å². The van der Waals surface area contributed by atoms with Crippen LogP contribution >= 0.6 is 34.5 Å². The van der Waals surface area contributed by atoms with Crippen molar-refractivity contribution < 1.29 is 0 Å². The van der Waals surface area contributed by atoms with Crippen LogP contribution in [0.5, 0.6) is 0 Å². The van der Waals surface area contributed by atoms with Crippen molar-refractivity contribution in [2.24, 2.45) is 4.99 Å². The predicted octanol–water partition coefficient (Wildman–Crippen LogP) is 5.20. The molecule has 0 unspecified atom stereocenters. The minimum absolute atomic E-state index is 0.147. The van der Waals surface area contributed by atoms with Crippen molar-refractivity contribution in [2.45, 2.75) is 25.8 Å². The van der Waals surface area contributed by atoms with Crippen molar-refractivity contribution in [3.8, 4) is 6.07 Å². The van der Waals surface area contributed by atoms with Crippen LogP contribution in [-0.2, 0) is 0 Å². The molecule has 0 N–H and O–H groups in total. The maximum absolute atomic E-state index is 9.25. The standard InChI is InChI=1S/C15H13Cl2N3S/c1-9-8-21-15(20-9)11(6-18)7-19-10(2)13-4-3-12(16)5-14(13)17/h3-5,7-8,10-11H,1-2H3/t10-,11+/m1/s1. The van der Waals surface area contributed by atoms with E-state index in [1.54, 1.807) is 18.3 Å². The molecule has 0 spiro atoms. The van der Waals surface area contributed by atoms with Gasteiger partial charge in [0.1, 0.15) is 10.9 Å². The number of halogens is 2. The molecule has 2 atom stereocenters. The SMILES string of the molecule is Cc1csc([C@@H](C#N)C=N[C@H](C)c2ccc(Cl)cc2Cl)n1. The highest BCUT2D eigenvalue weighted by Gasteiger charge is 2.13. The Morgan fingerprint density at radius 1 is 1.43 bits per heavy atom. The van der Waals surface area contributed by atoms with Crippen LogP contribution in [0, 0.1) is 18.3 Å². The van der Waals surface area contributed by atoms with Crippen LogP contribution in [0.4, 0.5) is 0 Å². The van der Waals surface area contributed by atoms with Gasteiger partial charge in [0.05, 0.1) is 12.1 Å². The molecule has 0 amide bonds. The molecular formula is C15H13Cl2N3S. The third kappa shape index (κ3) is 4.04. The smallest absolute Gasteiger partial charge is 0.133 e. The molecular weight excluding hydrogens is 325 g/mol. The van der Waals surface area contributed by atoms with Crippen LogP contribution in [0.15, 0.2) is 28.6 Å². The molecule has 2 aromatic rings. The summed E-state index contributed by atoms with van der Waals surface area (Å²) in [6.07, 6.45) is 1.63. The van der Waals surface area contributed by atoms with Crippen molar-refractivity contribution in [2.75, 3.05) is 0 Å². The van der Waals surface area contributed by atoms with Gasteiger partial charge in [0.15, 0.2) is 0 Å². The first-order chi connectivity index (χ1) is 10.0. The van der Waals surface area contributed by atoms with Gasteiger partial charge in [-0.05, 0) is 31.5 Å². The molecule has 0 aliphatic heterocycles. The van der Waals surface area contributed by atoms with Crippen molar-refractivity contribution in [3.05, 3.63) is 49.9 Å². The summed E-state index contributed by atoms with van der Waals surface area (Å²) in [5, 5.41) is 13.1. The molecule has 0 saturated carbocycles. The van der Waals surface area contributed by atoms with Gasteiger partial charge in [-0.15, -0.1) is 11.3 Å². The van der Waals surface area contributed by atoms with E-state index in [1.807, 2.05) is 25.3 Å². The zero-order valence-electron chi connectivity index (χ0n) is 11.5. The van der Waals surface area contributed by atoms with Gasteiger partial charge < -0.3 is 0 Å². The Hall–Kier alpha value is -1.41. The normalized spacial score (nSPS) is 14.0.